The molecule has 0 aromatic heterocycles. The molecule has 1 atom stereocenters. The van der Waals surface area contributed by atoms with Crippen molar-refractivity contribution >= 4 is 46.8 Å². The van der Waals surface area contributed by atoms with Gasteiger partial charge < -0.3 is 29.3 Å². The summed E-state index contributed by atoms with van der Waals surface area (Å²) in [6, 6.07) is 15.7. The molecule has 9 nitrogen and oxygen atoms in total. The highest BCUT2D eigenvalue weighted by Crippen LogP contribution is 2.31. The van der Waals surface area contributed by atoms with E-state index in [1.807, 2.05) is 20.8 Å². The third-order valence-electron chi connectivity index (χ3n) is 6.36. The van der Waals surface area contributed by atoms with Crippen molar-refractivity contribution in [2.45, 2.75) is 39.0 Å². The van der Waals surface area contributed by atoms with Crippen LogP contribution in [-0.4, -0.2) is 60.1 Å². The zero-order valence-electron chi connectivity index (χ0n) is 24.2. The van der Waals surface area contributed by atoms with Crippen LogP contribution in [0.25, 0.3) is 0 Å². The summed E-state index contributed by atoms with van der Waals surface area (Å²) in [7, 11) is 1.47. The summed E-state index contributed by atoms with van der Waals surface area (Å²) < 4.78 is 31.0. The van der Waals surface area contributed by atoms with E-state index in [-0.39, 0.29) is 23.4 Å². The molecule has 12 heteroatoms. The molecule has 3 aromatic carbocycles. The Morgan fingerprint density at radius 1 is 1.07 bits per heavy atom. The average Bonchev–Trinajstić information content (AvgIpc) is 2.95. The number of amides is 3. The van der Waals surface area contributed by atoms with Crippen molar-refractivity contribution in [2.75, 3.05) is 32.1 Å². The molecule has 0 saturated carbocycles. The first-order valence-corrected chi connectivity index (χ1v) is 14.2. The third-order valence-corrected chi connectivity index (χ3v) is 6.90. The first-order valence-electron chi connectivity index (χ1n) is 13.5. The molecular weight excluding hydrogens is 600 g/mol. The molecule has 1 aliphatic rings. The van der Waals surface area contributed by atoms with E-state index in [9.17, 15) is 18.8 Å². The van der Waals surface area contributed by atoms with E-state index in [1.165, 1.54) is 30.1 Å². The van der Waals surface area contributed by atoms with E-state index in [2.05, 4.69) is 5.32 Å². The molecule has 1 fully saturated rings. The van der Waals surface area contributed by atoms with Crippen molar-refractivity contribution in [2.24, 2.45) is 0 Å². The number of nitrogens with one attached hydrogen (secondary N) is 1. The number of hydrogen-bond acceptors (Lipinski definition) is 6. The van der Waals surface area contributed by atoms with E-state index < -0.39 is 29.3 Å². The van der Waals surface area contributed by atoms with Gasteiger partial charge in [0.05, 0.1) is 18.2 Å². The maximum atomic E-state index is 13.9. The summed E-state index contributed by atoms with van der Waals surface area (Å²) in [6.45, 7) is 6.57. The minimum absolute atomic E-state index is 0.0148. The van der Waals surface area contributed by atoms with Gasteiger partial charge in [-0.3, -0.25) is 9.59 Å². The molecule has 0 aliphatic carbocycles. The lowest BCUT2D eigenvalue weighted by Gasteiger charge is -2.34. The summed E-state index contributed by atoms with van der Waals surface area (Å²) in [5.74, 6) is -1.78. The first kappa shape index (κ1) is 32.1. The molecule has 1 unspecified atom stereocenters. The lowest BCUT2D eigenvalue weighted by Crippen LogP contribution is -2.44. The van der Waals surface area contributed by atoms with E-state index in [1.54, 1.807) is 41.3 Å². The zero-order chi connectivity index (χ0) is 31.3. The quantitative estimate of drug-likeness (QED) is 0.300. The van der Waals surface area contributed by atoms with E-state index >= 15 is 0 Å². The zero-order valence-corrected chi connectivity index (χ0v) is 25.7. The first-order chi connectivity index (χ1) is 20.3. The molecule has 1 aliphatic heterocycles. The van der Waals surface area contributed by atoms with Crippen molar-refractivity contribution in [3.8, 4) is 11.5 Å². The Morgan fingerprint density at radius 2 is 1.79 bits per heavy atom. The van der Waals surface area contributed by atoms with Gasteiger partial charge in [0.1, 0.15) is 29.0 Å². The molecule has 3 aromatic rings. The second-order valence-electron chi connectivity index (χ2n) is 11.0. The van der Waals surface area contributed by atoms with Crippen LogP contribution < -0.4 is 10.1 Å². The molecule has 1 saturated heterocycles. The molecule has 0 spiro atoms. The normalized spacial score (nSPS) is 15.0. The van der Waals surface area contributed by atoms with Gasteiger partial charge in [0.15, 0.2) is 0 Å². The van der Waals surface area contributed by atoms with Crippen molar-refractivity contribution in [1.82, 2.24) is 9.80 Å². The number of hydrogen-bond donors (Lipinski definition) is 1. The summed E-state index contributed by atoms with van der Waals surface area (Å²) in [5, 5.41) is 2.93. The molecule has 228 valence electrons. The van der Waals surface area contributed by atoms with Crippen LogP contribution in [0.5, 0.6) is 11.5 Å². The fourth-order valence-corrected chi connectivity index (χ4v) is 4.51. The molecule has 4 rings (SSSR count). The van der Waals surface area contributed by atoms with Crippen molar-refractivity contribution in [3.05, 3.63) is 87.7 Å². The van der Waals surface area contributed by atoms with Crippen LogP contribution in [0.4, 0.5) is 14.9 Å². The number of likely N-dealkylation sites (N-methyl/N-ethyl adjacent to an activating group) is 1. The molecule has 1 heterocycles. The standard InChI is InChI=1S/C31H32Cl2FN3O6/c1-31(2,3)43-30(40)37-13-14-41-27(18-37)19-6-9-22(10-7-19)35-28(38)29(39)36(4)17-20-5-8-21(32)15-26(20)42-23-11-12-24(33)25(34)16-23/h5-12,15-16,27H,13-14,17-18H2,1-4H3,(H,35,38). The number of rotatable bonds is 6. The largest absolute Gasteiger partial charge is 0.457 e. The molecule has 3 amide bonds. The van der Waals surface area contributed by atoms with Gasteiger partial charge in [-0.2, -0.15) is 0 Å². The van der Waals surface area contributed by atoms with Crippen LogP contribution in [0.15, 0.2) is 60.7 Å². The maximum Gasteiger partial charge on any atom is 0.410 e. The monoisotopic (exact) mass is 631 g/mol. The van der Waals surface area contributed by atoms with Gasteiger partial charge in [-0.25, -0.2) is 9.18 Å². The Kier molecular flexibility index (Phi) is 10.2. The predicted octanol–water partition coefficient (Wildman–Crippen LogP) is 6.83. The lowest BCUT2D eigenvalue weighted by molar-refractivity contribution is -0.142. The van der Waals surface area contributed by atoms with Gasteiger partial charge in [-0.1, -0.05) is 41.4 Å². The molecule has 1 N–H and O–H groups in total. The summed E-state index contributed by atoms with van der Waals surface area (Å²) >= 11 is 11.9. The Bertz CT molecular complexity index is 1500. The fraction of sp³-hybridized carbons (Fsp3) is 0.323. The maximum absolute atomic E-state index is 13.9. The Morgan fingerprint density at radius 3 is 2.47 bits per heavy atom. The van der Waals surface area contributed by atoms with Crippen LogP contribution >= 0.6 is 23.2 Å². The van der Waals surface area contributed by atoms with Gasteiger partial charge in [0.25, 0.3) is 0 Å². The van der Waals surface area contributed by atoms with Gasteiger partial charge in [0, 0.05) is 42.5 Å². The van der Waals surface area contributed by atoms with Crippen LogP contribution in [0.1, 0.15) is 38.0 Å². The Hall–Kier alpha value is -3.86. The van der Waals surface area contributed by atoms with Crippen molar-refractivity contribution < 1.29 is 33.0 Å². The van der Waals surface area contributed by atoms with Gasteiger partial charge in [0.2, 0.25) is 0 Å². The third kappa shape index (κ3) is 8.82. The number of carbonyl (C=O) groups is 3. The highest BCUT2D eigenvalue weighted by Gasteiger charge is 2.29. The lowest BCUT2D eigenvalue weighted by atomic mass is 10.1. The minimum atomic E-state index is -0.837. The van der Waals surface area contributed by atoms with E-state index in [0.29, 0.717) is 41.7 Å². The minimum Gasteiger partial charge on any atom is -0.457 e. The summed E-state index contributed by atoms with van der Waals surface area (Å²) in [4.78, 5) is 41.0. The summed E-state index contributed by atoms with van der Waals surface area (Å²) in [6.07, 6.45) is -0.762. The van der Waals surface area contributed by atoms with Gasteiger partial charge in [-0.15, -0.1) is 0 Å². The Balaban J connectivity index is 1.36. The van der Waals surface area contributed by atoms with Crippen LogP contribution in [0.3, 0.4) is 0 Å². The van der Waals surface area contributed by atoms with Crippen molar-refractivity contribution in [1.29, 1.82) is 0 Å². The number of benzene rings is 3. The number of ether oxygens (including phenoxy) is 3. The average molecular weight is 633 g/mol. The van der Waals surface area contributed by atoms with Crippen LogP contribution in [0, 0.1) is 5.82 Å². The van der Waals surface area contributed by atoms with Gasteiger partial charge >= 0.3 is 17.9 Å². The predicted molar refractivity (Wildman–Crippen MR) is 161 cm³/mol. The van der Waals surface area contributed by atoms with Gasteiger partial charge in [-0.05, 0) is 62.7 Å². The SMILES string of the molecule is CN(Cc1ccc(Cl)cc1Oc1ccc(Cl)c(F)c1)C(=O)C(=O)Nc1ccc(C2CN(C(=O)OC(C)(C)C)CCO2)cc1. The smallest absolute Gasteiger partial charge is 0.410 e. The molecule has 0 bridgehead atoms. The highest BCUT2D eigenvalue weighted by atomic mass is 35.5. The second kappa shape index (κ2) is 13.6. The molecule has 0 radical (unpaired) electrons. The molecular formula is C31H32Cl2FN3O6. The number of anilines is 1. The van der Waals surface area contributed by atoms with E-state index in [0.717, 1.165) is 11.6 Å². The number of nitrogens with zero attached hydrogens (tertiary/aromatic N) is 2. The fourth-order valence-electron chi connectivity index (χ4n) is 4.23. The van der Waals surface area contributed by atoms with Crippen LogP contribution in [-0.2, 0) is 25.6 Å². The Labute approximate surface area is 259 Å². The summed E-state index contributed by atoms with van der Waals surface area (Å²) in [5.41, 5.74) is 1.17. The van der Waals surface area contributed by atoms with E-state index in [4.69, 9.17) is 37.4 Å². The number of carbonyl (C=O) groups excluding carboxylic acids is 3. The highest BCUT2D eigenvalue weighted by molar-refractivity contribution is 6.39. The number of morpholine rings is 1. The molecule has 43 heavy (non-hydrogen) atoms. The van der Waals surface area contributed by atoms with Crippen LogP contribution in [0.2, 0.25) is 10.0 Å². The van der Waals surface area contributed by atoms with Crippen molar-refractivity contribution in [3.63, 3.8) is 0 Å². The second-order valence-corrected chi connectivity index (χ2v) is 11.8. The topological polar surface area (TPSA) is 97.4 Å². The number of halogens is 3.